The number of imidazole rings is 2. The van der Waals surface area contributed by atoms with Crippen LogP contribution in [0, 0.1) is 38.5 Å². The van der Waals surface area contributed by atoms with E-state index in [-0.39, 0.29) is 137 Å². The number of Topliss-reactive ketones (excluding diaryl/α,β-unsaturated/α-hetero) is 4. The van der Waals surface area contributed by atoms with Gasteiger partial charge >= 0.3 is 23.6 Å². The maximum absolute atomic E-state index is 14.0. The molecule has 0 saturated heterocycles. The lowest BCUT2D eigenvalue weighted by molar-refractivity contribution is -0.143. The summed E-state index contributed by atoms with van der Waals surface area (Å²) in [5.74, 6) is -10.6. The van der Waals surface area contributed by atoms with Gasteiger partial charge in [0.15, 0.2) is 46.1 Å². The van der Waals surface area contributed by atoms with Gasteiger partial charge in [0.1, 0.15) is 61.3 Å². The number of carbonyl (C=O) groups excluding carboxylic acids is 10. The van der Waals surface area contributed by atoms with Gasteiger partial charge in [-0.05, 0) is 115 Å². The number of benzene rings is 9. The molecule has 0 spiro atoms. The van der Waals surface area contributed by atoms with Crippen molar-refractivity contribution in [3.8, 4) is 0 Å². The number of carboxylic acids is 3. The van der Waals surface area contributed by atoms with Crippen LogP contribution in [0.2, 0.25) is 0 Å². The molecule has 9 aromatic carbocycles. The highest BCUT2D eigenvalue weighted by Gasteiger charge is 2.37. The number of nitrogens with one attached hydrogen (secondary N) is 6. The SMILES string of the molecule is Cc1ccc(CC(NC(=O)C(CC(=O)C(Cc2ccccc2)NC(=O)Cn2ccc(N)nc2=O)Cc2ccccc2)C(=O)O)cc1.Cc1ccc(CC(NC(=O)C(CC(=O)C(Cc2ccccc2)NC(=O)Cn2cnc3c(N)ncnc32)Cc2ccccc2)C(=O)O)cc1.Cc1ccc(CC(NC(=O)C(CC(=O)C(Cc2ccccc2)NC(=O)Cn2cnc3c2N=C(N)CC3=O)Cc2ccccc2)C(=O)O)cc1. The second-order valence-corrected chi connectivity index (χ2v) is 35.2. The Hall–Kier alpha value is -17.4. The fourth-order valence-corrected chi connectivity index (χ4v) is 16.2. The number of aryl methyl sites for hydroxylation is 3. The van der Waals surface area contributed by atoms with Crippen molar-refractivity contribution >= 4 is 111 Å². The van der Waals surface area contributed by atoms with Crippen molar-refractivity contribution in [1.29, 1.82) is 0 Å². The summed E-state index contributed by atoms with van der Waals surface area (Å²) in [4.78, 5) is 208. The number of fused-ring (bicyclic) bond motifs is 2. The topological polar surface area (TPSA) is 542 Å². The molecule has 1 aliphatic heterocycles. The zero-order valence-electron chi connectivity index (χ0n) is 79.0. The molecule has 13 aromatic rings. The molecular formula is C108H112N18O17. The number of aliphatic imine (C=N–C) groups is 1. The van der Waals surface area contributed by atoms with Gasteiger partial charge in [0, 0.05) is 62.5 Å². The molecule has 9 atom stereocenters. The van der Waals surface area contributed by atoms with Crippen molar-refractivity contribution < 1.29 is 77.6 Å². The van der Waals surface area contributed by atoms with Gasteiger partial charge < -0.3 is 73.6 Å². The number of carboxylic acid groups (broad SMARTS) is 3. The molecule has 0 radical (unpaired) electrons. The summed E-state index contributed by atoms with van der Waals surface area (Å²) in [5.41, 5.74) is 27.5. The minimum atomic E-state index is -1.21. The van der Waals surface area contributed by atoms with Gasteiger partial charge in [-0.25, -0.2) is 44.1 Å². The molecule has 0 saturated carbocycles. The maximum atomic E-state index is 14.0. The van der Waals surface area contributed by atoms with Crippen LogP contribution >= 0.6 is 0 Å². The first-order valence-corrected chi connectivity index (χ1v) is 46.4. The molecule has 35 nitrogen and oxygen atoms in total. The molecule has 5 heterocycles. The number of amides is 6. The molecule has 14 rings (SSSR count). The lowest BCUT2D eigenvalue weighted by Crippen LogP contribution is -2.48. The van der Waals surface area contributed by atoms with Crippen LogP contribution < -0.4 is 54.8 Å². The third kappa shape index (κ3) is 32.1. The van der Waals surface area contributed by atoms with E-state index in [9.17, 15) is 82.4 Å². The zero-order valence-corrected chi connectivity index (χ0v) is 79.0. The molecule has 0 fully saturated rings. The number of rotatable bonds is 45. The predicted molar refractivity (Wildman–Crippen MR) is 534 cm³/mol. The number of anilines is 2. The number of aliphatic carboxylic acids is 3. The van der Waals surface area contributed by atoms with Crippen LogP contribution in [0.5, 0.6) is 0 Å². The molecule has 736 valence electrons. The number of hydrogen-bond donors (Lipinski definition) is 12. The highest BCUT2D eigenvalue weighted by atomic mass is 16.4. The van der Waals surface area contributed by atoms with Crippen LogP contribution in [0.25, 0.3) is 11.2 Å². The number of nitrogens with zero attached hydrogens (tertiary/aromatic N) is 9. The number of aromatic nitrogens is 8. The average molecular weight is 1930 g/mol. The van der Waals surface area contributed by atoms with E-state index in [2.05, 4.69) is 61.8 Å². The van der Waals surface area contributed by atoms with E-state index in [4.69, 9.17) is 17.2 Å². The van der Waals surface area contributed by atoms with E-state index in [1.54, 1.807) is 0 Å². The van der Waals surface area contributed by atoms with Crippen LogP contribution in [0.1, 0.15) is 103 Å². The third-order valence-electron chi connectivity index (χ3n) is 23.9. The number of carbonyl (C=O) groups is 13. The Bertz CT molecular complexity index is 6710. The van der Waals surface area contributed by atoms with Crippen LogP contribution in [-0.2, 0) is 135 Å². The highest BCUT2D eigenvalue weighted by Crippen LogP contribution is 2.27. The van der Waals surface area contributed by atoms with Crippen molar-refractivity contribution in [2.45, 2.75) is 160 Å². The minimum Gasteiger partial charge on any atom is -0.480 e. The summed E-state index contributed by atoms with van der Waals surface area (Å²) < 4.78 is 3.98. The minimum absolute atomic E-state index is 0.0190. The normalized spacial score (nSPS) is 13.3. The number of nitrogen functional groups attached to an aromatic ring is 2. The molecule has 1 aliphatic rings. The Kier molecular flexibility index (Phi) is 37.5. The summed E-state index contributed by atoms with van der Waals surface area (Å²) >= 11 is 0. The summed E-state index contributed by atoms with van der Waals surface area (Å²) in [7, 11) is 0. The Morgan fingerprint density at radius 3 is 0.972 bits per heavy atom. The average Bonchev–Trinajstić information content (AvgIpc) is 1.65. The van der Waals surface area contributed by atoms with Crippen molar-refractivity contribution in [2.75, 3.05) is 11.5 Å². The standard InChI is InChI=1S/C37H38N6O6.C36H37N7O5.C35H37N5O6/c1-23-12-14-26(15-13-23)18-29(37(48)49)41-36(47)27(16-24-8-4-2-5-9-24)19-30(44)28(17-25-10-6-3-7-11-25)40-33(46)21-43-22-39-34-31(45)20-32(38)42-35(34)43;1-23-12-14-26(15-13-23)18-29(36(47)48)42-35(46)27(16-24-8-4-2-5-9-24)19-30(44)28(17-25-10-6-3-7-11-25)41-31(45)20-43-22-40-32-33(37)38-21-39-34(32)43;1-23-12-14-26(15-13-23)20-29(34(44)45)38-33(43)27(18-24-8-4-2-5-9-24)21-30(41)28(19-25-10-6-3-7-11-25)37-32(42)22-40-17-16-31(36)39-35(40)46/h2-15,22,27-29H,16-21H2,1H3,(H2,38,42)(H,40,46)(H,41,47)(H,48,49);2-15,21-22,27-29H,16-20H2,1H3,(H,41,45)(H,42,46)(H,47,48)(H2,37,38,39);2-17,27-29H,18-22H2,1H3,(H,37,42)(H,38,43)(H,44,45)(H2,36,39,46). The third-order valence-corrected chi connectivity index (χ3v) is 23.9. The van der Waals surface area contributed by atoms with Crippen molar-refractivity contribution in [2.24, 2.45) is 28.5 Å². The molecule has 0 aliphatic carbocycles. The quantitative estimate of drug-likeness (QED) is 0.0170. The van der Waals surface area contributed by atoms with E-state index in [1.165, 1.54) is 40.4 Å². The van der Waals surface area contributed by atoms with Gasteiger partial charge in [0.2, 0.25) is 35.4 Å². The first-order valence-electron chi connectivity index (χ1n) is 46.4. The Labute approximate surface area is 823 Å². The van der Waals surface area contributed by atoms with Crippen molar-refractivity contribution in [3.63, 3.8) is 0 Å². The molecule has 9 unspecified atom stereocenters. The Morgan fingerprint density at radius 1 is 0.343 bits per heavy atom. The predicted octanol–water partition coefficient (Wildman–Crippen LogP) is 8.69. The molecule has 4 aromatic heterocycles. The molecule has 15 N–H and O–H groups in total. The first kappa shape index (κ1) is 105. The highest BCUT2D eigenvalue weighted by molar-refractivity contribution is 6.13. The molecule has 143 heavy (non-hydrogen) atoms. The van der Waals surface area contributed by atoms with Gasteiger partial charge in [0.05, 0.1) is 37.2 Å². The number of nitrogens with two attached hydrogens (primary N) is 3. The summed E-state index contributed by atoms with van der Waals surface area (Å²) in [6, 6.07) is 71.9. The Balaban J connectivity index is 0.000000191. The summed E-state index contributed by atoms with van der Waals surface area (Å²) in [6.45, 7) is 4.93. The van der Waals surface area contributed by atoms with Crippen LogP contribution in [0.15, 0.2) is 296 Å². The van der Waals surface area contributed by atoms with Gasteiger partial charge in [-0.1, -0.05) is 271 Å². The first-order chi connectivity index (χ1) is 68.8. The monoisotopic (exact) mass is 1930 g/mol. The summed E-state index contributed by atoms with van der Waals surface area (Å²) in [5, 5.41) is 46.3. The largest absolute Gasteiger partial charge is 0.480 e. The lowest BCUT2D eigenvalue weighted by Gasteiger charge is -2.23. The van der Waals surface area contributed by atoms with E-state index in [0.29, 0.717) is 11.2 Å². The molecule has 35 heteroatoms. The van der Waals surface area contributed by atoms with E-state index in [0.717, 1.165) is 71.3 Å². The number of ketones is 4. The fraction of sp³-hybridized carbons (Fsp3) is 0.259. The van der Waals surface area contributed by atoms with Gasteiger partial charge in [0.25, 0.3) is 0 Å². The molecule has 6 amide bonds. The van der Waals surface area contributed by atoms with Crippen LogP contribution in [0.3, 0.4) is 0 Å². The molecular weight excluding hydrogens is 1820 g/mol. The van der Waals surface area contributed by atoms with Gasteiger partial charge in [-0.2, -0.15) is 4.98 Å². The van der Waals surface area contributed by atoms with E-state index >= 15 is 0 Å². The van der Waals surface area contributed by atoms with Crippen LogP contribution in [0.4, 0.5) is 17.5 Å². The smallest absolute Gasteiger partial charge is 0.349 e. The second-order valence-electron chi connectivity index (χ2n) is 35.2. The Morgan fingerprint density at radius 2 is 0.643 bits per heavy atom. The fourth-order valence-electron chi connectivity index (χ4n) is 16.2. The van der Waals surface area contributed by atoms with Crippen LogP contribution in [-0.4, -0.2) is 173 Å². The molecule has 0 bridgehead atoms. The van der Waals surface area contributed by atoms with E-state index < -0.39 is 131 Å². The maximum Gasteiger partial charge on any atom is 0.349 e. The number of hydrogen-bond acceptors (Lipinski definition) is 23. The van der Waals surface area contributed by atoms with Gasteiger partial charge in [-0.15, -0.1) is 0 Å². The zero-order chi connectivity index (χ0) is 102. The van der Waals surface area contributed by atoms with Crippen molar-refractivity contribution in [3.05, 3.63) is 369 Å². The second kappa shape index (κ2) is 51.3. The van der Waals surface area contributed by atoms with Crippen molar-refractivity contribution in [1.82, 2.24) is 70.5 Å². The lowest BCUT2D eigenvalue weighted by atomic mass is 9.89. The van der Waals surface area contributed by atoms with E-state index in [1.807, 2.05) is 276 Å². The summed E-state index contributed by atoms with van der Waals surface area (Å²) in [6.07, 6.45) is 5.83. The van der Waals surface area contributed by atoms with Gasteiger partial charge in [-0.3, -0.25) is 52.5 Å². The number of amidine groups is 1.